The van der Waals surface area contributed by atoms with Gasteiger partial charge in [0.05, 0.1) is 4.90 Å². The summed E-state index contributed by atoms with van der Waals surface area (Å²) in [6, 6.07) is 5.68. The first-order valence-corrected chi connectivity index (χ1v) is 6.79. The zero-order valence-electron chi connectivity index (χ0n) is 9.83. The summed E-state index contributed by atoms with van der Waals surface area (Å²) in [4.78, 5) is 0.110. The van der Waals surface area contributed by atoms with Crippen molar-refractivity contribution in [3.63, 3.8) is 0 Å². The van der Waals surface area contributed by atoms with E-state index in [0.29, 0.717) is 6.54 Å². The lowest BCUT2D eigenvalue weighted by Gasteiger charge is -2.16. The van der Waals surface area contributed by atoms with Crippen LogP contribution in [0.4, 0.5) is 0 Å². The van der Waals surface area contributed by atoms with Crippen LogP contribution in [0.5, 0.6) is 5.75 Å². The minimum Gasteiger partial charge on any atom is -0.508 e. The molecule has 0 fully saturated rings. The van der Waals surface area contributed by atoms with Crippen molar-refractivity contribution in [2.45, 2.75) is 17.7 Å². The minimum absolute atomic E-state index is 0.0504. The Hall–Kier alpha value is -1.33. The van der Waals surface area contributed by atoms with Crippen LogP contribution in [0.2, 0.25) is 0 Å². The molecule has 1 aromatic carbocycles. The Labute approximate surface area is 102 Å². The van der Waals surface area contributed by atoms with E-state index in [9.17, 15) is 13.5 Å². The predicted octanol–water partition coefficient (Wildman–Crippen LogP) is 1.98. The predicted molar refractivity (Wildman–Crippen MR) is 67.4 cm³/mol. The lowest BCUT2D eigenvalue weighted by molar-refractivity contribution is 0.457. The highest BCUT2D eigenvalue weighted by atomic mass is 32.2. The molecule has 94 valence electrons. The number of nitrogens with zero attached hydrogens (tertiary/aromatic N) is 1. The highest BCUT2D eigenvalue weighted by Gasteiger charge is 2.20. The molecule has 5 heteroatoms. The van der Waals surface area contributed by atoms with Gasteiger partial charge in [-0.05, 0) is 31.0 Å². The van der Waals surface area contributed by atoms with Gasteiger partial charge in [-0.3, -0.25) is 0 Å². The summed E-state index contributed by atoms with van der Waals surface area (Å²) in [5.74, 6) is -0.0504. The zero-order valence-corrected chi connectivity index (χ0v) is 10.7. The van der Waals surface area contributed by atoms with Crippen molar-refractivity contribution in [3.05, 3.63) is 36.9 Å². The summed E-state index contributed by atoms with van der Waals surface area (Å²) in [6.45, 7) is 4.02. The zero-order chi connectivity index (χ0) is 12.9. The minimum atomic E-state index is -3.50. The molecule has 0 radical (unpaired) electrons. The summed E-state index contributed by atoms with van der Waals surface area (Å²) in [5, 5.41) is 9.28. The first-order valence-electron chi connectivity index (χ1n) is 5.34. The van der Waals surface area contributed by atoms with Crippen LogP contribution < -0.4 is 0 Å². The molecule has 0 heterocycles. The van der Waals surface area contributed by atoms with Gasteiger partial charge in [-0.25, -0.2) is 12.7 Å². The Morgan fingerprint density at radius 3 is 2.76 bits per heavy atom. The van der Waals surface area contributed by atoms with Gasteiger partial charge in [0, 0.05) is 13.6 Å². The van der Waals surface area contributed by atoms with Crippen LogP contribution in [0.15, 0.2) is 41.8 Å². The summed E-state index contributed by atoms with van der Waals surface area (Å²) >= 11 is 0. The Kier molecular flexibility index (Phi) is 4.72. The van der Waals surface area contributed by atoms with Gasteiger partial charge in [0.1, 0.15) is 5.75 Å². The number of hydrogen-bond acceptors (Lipinski definition) is 3. The van der Waals surface area contributed by atoms with E-state index < -0.39 is 10.0 Å². The third-order valence-electron chi connectivity index (χ3n) is 2.41. The lowest BCUT2D eigenvalue weighted by Crippen LogP contribution is -2.27. The molecule has 4 nitrogen and oxygen atoms in total. The first-order chi connectivity index (χ1) is 7.98. The van der Waals surface area contributed by atoms with Crippen molar-refractivity contribution >= 4 is 10.0 Å². The fourth-order valence-electron chi connectivity index (χ4n) is 1.40. The molecule has 0 aliphatic carbocycles. The molecule has 0 aliphatic heterocycles. The maximum absolute atomic E-state index is 12.1. The van der Waals surface area contributed by atoms with Gasteiger partial charge in [-0.15, -0.1) is 6.58 Å². The van der Waals surface area contributed by atoms with Gasteiger partial charge < -0.3 is 5.11 Å². The molecule has 0 atom stereocenters. The molecular weight excluding hydrogens is 238 g/mol. The largest absolute Gasteiger partial charge is 0.508 e. The normalized spacial score (nSPS) is 11.6. The number of hydrogen-bond donors (Lipinski definition) is 1. The van der Waals surface area contributed by atoms with Crippen LogP contribution >= 0.6 is 0 Å². The molecule has 1 aromatic rings. The second kappa shape index (κ2) is 5.84. The van der Waals surface area contributed by atoms with Crippen molar-refractivity contribution < 1.29 is 13.5 Å². The van der Waals surface area contributed by atoms with Gasteiger partial charge >= 0.3 is 0 Å². The Morgan fingerprint density at radius 1 is 1.47 bits per heavy atom. The molecular formula is C12H17NO3S. The number of rotatable bonds is 6. The summed E-state index contributed by atoms with van der Waals surface area (Å²) in [7, 11) is -1.97. The monoisotopic (exact) mass is 255 g/mol. The molecule has 17 heavy (non-hydrogen) atoms. The SMILES string of the molecule is C=CCCCN(C)S(=O)(=O)c1cccc(O)c1. The van der Waals surface area contributed by atoms with Crippen LogP contribution in [0, 0.1) is 0 Å². The number of unbranched alkanes of at least 4 members (excludes halogenated alkanes) is 1. The number of aromatic hydroxyl groups is 1. The number of allylic oxidation sites excluding steroid dienone is 1. The van der Waals surface area contributed by atoms with E-state index >= 15 is 0 Å². The van der Waals surface area contributed by atoms with E-state index in [1.807, 2.05) is 0 Å². The molecule has 0 unspecified atom stereocenters. The topological polar surface area (TPSA) is 57.6 Å². The molecule has 1 rings (SSSR count). The van der Waals surface area contributed by atoms with Gasteiger partial charge in [-0.2, -0.15) is 0 Å². The average molecular weight is 255 g/mol. The molecule has 0 aromatic heterocycles. The van der Waals surface area contributed by atoms with Crippen LogP contribution in [-0.4, -0.2) is 31.4 Å². The highest BCUT2D eigenvalue weighted by molar-refractivity contribution is 7.89. The maximum Gasteiger partial charge on any atom is 0.242 e. The van der Waals surface area contributed by atoms with Crippen molar-refractivity contribution in [3.8, 4) is 5.75 Å². The number of phenolic OH excluding ortho intramolecular Hbond substituents is 1. The quantitative estimate of drug-likeness (QED) is 0.624. The molecule has 0 saturated heterocycles. The molecule has 1 N–H and O–H groups in total. The Morgan fingerprint density at radius 2 is 2.18 bits per heavy atom. The van der Waals surface area contributed by atoms with Crippen molar-refractivity contribution in [1.82, 2.24) is 4.31 Å². The van der Waals surface area contributed by atoms with Crippen molar-refractivity contribution in [1.29, 1.82) is 0 Å². The standard InChI is InChI=1S/C12H17NO3S/c1-3-4-5-9-13(2)17(15,16)12-8-6-7-11(14)10-12/h3,6-8,10,14H,1,4-5,9H2,2H3. The van der Waals surface area contributed by atoms with E-state index in [2.05, 4.69) is 6.58 Å². The fourth-order valence-corrected chi connectivity index (χ4v) is 2.65. The van der Waals surface area contributed by atoms with Crippen LogP contribution in [0.1, 0.15) is 12.8 Å². The van der Waals surface area contributed by atoms with Crippen LogP contribution in [-0.2, 0) is 10.0 Å². The summed E-state index contributed by atoms with van der Waals surface area (Å²) < 4.78 is 25.4. The van der Waals surface area contributed by atoms with Crippen molar-refractivity contribution in [2.75, 3.05) is 13.6 Å². The van der Waals surface area contributed by atoms with E-state index in [4.69, 9.17) is 0 Å². The second-order valence-corrected chi connectivity index (χ2v) is 5.80. The number of sulfonamides is 1. The summed E-state index contributed by atoms with van der Waals surface area (Å²) in [5.41, 5.74) is 0. The lowest BCUT2D eigenvalue weighted by atomic mass is 10.3. The van der Waals surface area contributed by atoms with Crippen LogP contribution in [0.25, 0.3) is 0 Å². The van der Waals surface area contributed by atoms with E-state index in [1.54, 1.807) is 6.08 Å². The molecule has 0 aliphatic rings. The van der Waals surface area contributed by atoms with Gasteiger partial charge in [0.25, 0.3) is 0 Å². The molecule has 0 bridgehead atoms. The molecule has 0 spiro atoms. The maximum atomic E-state index is 12.1. The highest BCUT2D eigenvalue weighted by Crippen LogP contribution is 2.19. The molecule has 0 amide bonds. The Bertz CT molecular complexity index is 482. The number of phenols is 1. The average Bonchev–Trinajstić information content (AvgIpc) is 2.29. The fraction of sp³-hybridized carbons (Fsp3) is 0.333. The first kappa shape index (κ1) is 13.7. The van der Waals surface area contributed by atoms with Gasteiger partial charge in [-0.1, -0.05) is 12.1 Å². The van der Waals surface area contributed by atoms with Crippen LogP contribution in [0.3, 0.4) is 0 Å². The third kappa shape index (κ3) is 3.57. The van der Waals surface area contributed by atoms with E-state index in [0.717, 1.165) is 12.8 Å². The van der Waals surface area contributed by atoms with E-state index in [-0.39, 0.29) is 10.6 Å². The second-order valence-electron chi connectivity index (χ2n) is 3.75. The van der Waals surface area contributed by atoms with E-state index in [1.165, 1.54) is 35.6 Å². The van der Waals surface area contributed by atoms with Gasteiger partial charge in [0.2, 0.25) is 10.0 Å². The smallest absolute Gasteiger partial charge is 0.242 e. The summed E-state index contributed by atoms with van der Waals surface area (Å²) in [6.07, 6.45) is 3.27. The molecule has 0 saturated carbocycles. The van der Waals surface area contributed by atoms with Gasteiger partial charge in [0.15, 0.2) is 0 Å². The number of benzene rings is 1. The Balaban J connectivity index is 2.83. The van der Waals surface area contributed by atoms with Crippen molar-refractivity contribution in [2.24, 2.45) is 0 Å². The third-order valence-corrected chi connectivity index (χ3v) is 4.26.